The van der Waals surface area contributed by atoms with Gasteiger partial charge in [-0.2, -0.15) is 0 Å². The summed E-state index contributed by atoms with van der Waals surface area (Å²) in [4.78, 5) is 46.1. The number of phenols is 1. The molecule has 1 unspecified atom stereocenters. The van der Waals surface area contributed by atoms with Gasteiger partial charge in [-0.1, -0.05) is 86.7 Å². The molecule has 0 saturated carbocycles. The van der Waals surface area contributed by atoms with Gasteiger partial charge in [-0.3, -0.25) is 24.6 Å². The number of piperidine rings is 2. The van der Waals surface area contributed by atoms with Crippen molar-refractivity contribution >= 4 is 34.6 Å². The summed E-state index contributed by atoms with van der Waals surface area (Å²) in [5, 5.41) is 12.4. The lowest BCUT2D eigenvalue weighted by molar-refractivity contribution is -0.144. The molecule has 1 atom stereocenters. The van der Waals surface area contributed by atoms with Crippen LogP contribution in [0, 0.1) is 5.92 Å². The molecule has 0 bridgehead atoms. The van der Waals surface area contributed by atoms with Crippen molar-refractivity contribution in [1.82, 2.24) is 20.0 Å². The summed E-state index contributed by atoms with van der Waals surface area (Å²) >= 11 is 0. The van der Waals surface area contributed by atoms with Crippen LogP contribution in [-0.4, -0.2) is 96.4 Å². The Morgan fingerprint density at radius 2 is 1.48 bits per heavy atom. The number of anilines is 1. The van der Waals surface area contributed by atoms with Crippen molar-refractivity contribution in [2.45, 2.75) is 71.8 Å². The van der Waals surface area contributed by atoms with Crippen molar-refractivity contribution in [3.8, 4) is 5.75 Å². The standard InChI is InChI=1S/C49H61N5O4/c1-5-11-41(19-14-36(6-2)34-47(57)51(4)45-24-25-46(56)50-49(45)58)54-32-30-52(31-33-54)35-37-26-28-53(29-27-37)42-20-15-39(16-21-42)48(40-17-22-43(55)23-18-40)44(7-3)38-12-9-8-10-13-38/h6,8-23,37,45,55H,5,7,24-35H2,1-4H3,(H,50,56,58)/b19-14-,36-6+,41-11-,48-44+. The fraction of sp³-hybridized carbons (Fsp3) is 0.408. The summed E-state index contributed by atoms with van der Waals surface area (Å²) in [5.74, 6) is 0.140. The first-order chi connectivity index (χ1) is 28.2. The number of aromatic hydroxyl groups is 1. The zero-order chi connectivity index (χ0) is 41.0. The molecule has 9 nitrogen and oxygen atoms in total. The van der Waals surface area contributed by atoms with Crippen molar-refractivity contribution in [3.63, 3.8) is 0 Å². The molecular formula is C49H61N5O4. The topological polar surface area (TPSA) is 96.4 Å². The maximum absolute atomic E-state index is 13.1. The molecule has 3 heterocycles. The number of likely N-dealkylation sites (N-methyl/N-ethyl adjacent to an activating group) is 1. The lowest BCUT2D eigenvalue weighted by Crippen LogP contribution is -2.52. The minimum absolute atomic E-state index is 0.136. The smallest absolute Gasteiger partial charge is 0.249 e. The van der Waals surface area contributed by atoms with Gasteiger partial charge in [0, 0.05) is 70.7 Å². The highest BCUT2D eigenvalue weighted by molar-refractivity contribution is 6.02. The number of benzene rings is 3. The first-order valence-corrected chi connectivity index (χ1v) is 21.2. The van der Waals surface area contributed by atoms with Crippen molar-refractivity contribution < 1.29 is 19.5 Å². The van der Waals surface area contributed by atoms with E-state index in [1.807, 2.05) is 31.2 Å². The number of imide groups is 1. The fourth-order valence-electron chi connectivity index (χ4n) is 8.56. The van der Waals surface area contributed by atoms with Gasteiger partial charge in [0.1, 0.15) is 11.8 Å². The molecule has 0 aliphatic carbocycles. The molecule has 6 rings (SSSR count). The number of nitrogens with one attached hydrogen (secondary N) is 1. The van der Waals surface area contributed by atoms with Gasteiger partial charge in [-0.15, -0.1) is 0 Å². The van der Waals surface area contributed by atoms with Gasteiger partial charge in [0.05, 0.1) is 6.42 Å². The second-order valence-corrected chi connectivity index (χ2v) is 15.8. The van der Waals surface area contributed by atoms with Crippen LogP contribution in [0.3, 0.4) is 0 Å². The van der Waals surface area contributed by atoms with Crippen LogP contribution in [0.1, 0.15) is 82.4 Å². The quantitative estimate of drug-likeness (QED) is 0.0971. The highest BCUT2D eigenvalue weighted by Gasteiger charge is 2.32. The Balaban J connectivity index is 0.997. The molecule has 306 valence electrons. The molecule has 3 fully saturated rings. The van der Waals surface area contributed by atoms with E-state index in [1.54, 1.807) is 19.2 Å². The SMILES string of the molecule is C\C=C(/C=C\C(=C\CC)N1CCN(CC2CCN(c3ccc(/C(=C(/CC)c4ccccc4)c4ccc(O)cc4)cc3)CC2)CC1)CC(=O)N(C)C1CCC(=O)NC1=O. The van der Waals surface area contributed by atoms with Crippen molar-refractivity contribution in [2.75, 3.05) is 57.8 Å². The summed E-state index contributed by atoms with van der Waals surface area (Å²) in [7, 11) is 1.65. The Labute approximate surface area is 345 Å². The number of hydrogen-bond acceptors (Lipinski definition) is 7. The molecule has 2 N–H and O–H groups in total. The number of piperazine rings is 1. The van der Waals surface area contributed by atoms with Crippen LogP contribution in [0.25, 0.3) is 11.1 Å². The van der Waals surface area contributed by atoms with E-state index in [0.29, 0.717) is 12.3 Å². The largest absolute Gasteiger partial charge is 0.508 e. The Kier molecular flexibility index (Phi) is 14.8. The van der Waals surface area contributed by atoms with E-state index in [0.717, 1.165) is 69.8 Å². The Hall–Kier alpha value is -5.41. The van der Waals surface area contributed by atoms with Gasteiger partial charge >= 0.3 is 0 Å². The van der Waals surface area contributed by atoms with Gasteiger partial charge in [-0.05, 0) is 109 Å². The number of nitrogens with zero attached hydrogens (tertiary/aromatic N) is 4. The minimum Gasteiger partial charge on any atom is -0.508 e. The second kappa shape index (κ2) is 20.3. The molecule has 3 aromatic rings. The highest BCUT2D eigenvalue weighted by Crippen LogP contribution is 2.36. The Morgan fingerprint density at radius 1 is 0.828 bits per heavy atom. The first-order valence-electron chi connectivity index (χ1n) is 21.2. The lowest BCUT2D eigenvalue weighted by atomic mass is 9.88. The maximum Gasteiger partial charge on any atom is 0.249 e. The predicted octanol–water partition coefficient (Wildman–Crippen LogP) is 8.05. The highest BCUT2D eigenvalue weighted by atomic mass is 16.3. The number of rotatable bonds is 14. The molecule has 0 spiro atoms. The monoisotopic (exact) mass is 783 g/mol. The summed E-state index contributed by atoms with van der Waals surface area (Å²) in [6.45, 7) is 13.5. The first kappa shape index (κ1) is 42.2. The van der Waals surface area contributed by atoms with E-state index >= 15 is 0 Å². The van der Waals surface area contributed by atoms with Crippen LogP contribution >= 0.6 is 0 Å². The van der Waals surface area contributed by atoms with Gasteiger partial charge in [0.15, 0.2) is 0 Å². The molecule has 0 radical (unpaired) electrons. The van der Waals surface area contributed by atoms with E-state index in [4.69, 9.17) is 0 Å². The molecule has 3 amide bonds. The van der Waals surface area contributed by atoms with Crippen molar-refractivity contribution in [3.05, 3.63) is 131 Å². The average Bonchev–Trinajstić information content (AvgIpc) is 3.25. The maximum atomic E-state index is 13.1. The second-order valence-electron chi connectivity index (χ2n) is 15.8. The van der Waals surface area contributed by atoms with Crippen LogP contribution in [0.5, 0.6) is 5.75 Å². The summed E-state index contributed by atoms with van der Waals surface area (Å²) in [5.41, 5.74) is 9.36. The van der Waals surface area contributed by atoms with Crippen LogP contribution in [0.2, 0.25) is 0 Å². The molecule has 3 aliphatic heterocycles. The van der Waals surface area contributed by atoms with Crippen LogP contribution in [0.15, 0.2) is 114 Å². The number of amides is 3. The third kappa shape index (κ3) is 10.7. The van der Waals surface area contributed by atoms with E-state index in [1.165, 1.54) is 51.4 Å². The van der Waals surface area contributed by atoms with Crippen LogP contribution < -0.4 is 10.2 Å². The van der Waals surface area contributed by atoms with Gasteiger partial charge in [0.2, 0.25) is 17.7 Å². The molecular weight excluding hydrogens is 723 g/mol. The fourth-order valence-corrected chi connectivity index (χ4v) is 8.56. The van der Waals surface area contributed by atoms with Gasteiger partial charge < -0.3 is 19.8 Å². The number of allylic oxidation sites excluding steroid dienone is 5. The molecule has 3 aromatic carbocycles. The Bertz CT molecular complexity index is 1980. The summed E-state index contributed by atoms with van der Waals surface area (Å²) < 4.78 is 0. The third-order valence-corrected chi connectivity index (χ3v) is 12.0. The van der Waals surface area contributed by atoms with Crippen molar-refractivity contribution in [2.24, 2.45) is 5.92 Å². The van der Waals surface area contributed by atoms with Gasteiger partial charge in [0.25, 0.3) is 0 Å². The lowest BCUT2D eigenvalue weighted by Gasteiger charge is -2.40. The normalized spacial score (nSPS) is 19.3. The van der Waals surface area contributed by atoms with E-state index in [9.17, 15) is 19.5 Å². The zero-order valence-electron chi connectivity index (χ0n) is 34.8. The number of carbonyl (C=O) groups excluding carboxylic acids is 3. The minimum atomic E-state index is -0.612. The van der Waals surface area contributed by atoms with Crippen LogP contribution in [-0.2, 0) is 14.4 Å². The number of carbonyl (C=O) groups is 3. The summed E-state index contributed by atoms with van der Waals surface area (Å²) in [6, 6.07) is 26.7. The molecule has 9 heteroatoms. The predicted molar refractivity (Wildman–Crippen MR) is 235 cm³/mol. The molecule has 3 saturated heterocycles. The average molecular weight is 784 g/mol. The molecule has 0 aromatic heterocycles. The molecule has 3 aliphatic rings. The Morgan fingerprint density at radius 3 is 2.09 bits per heavy atom. The van der Waals surface area contributed by atoms with E-state index in [2.05, 4.69) is 101 Å². The summed E-state index contributed by atoms with van der Waals surface area (Å²) in [6.07, 6.45) is 13.4. The van der Waals surface area contributed by atoms with Crippen molar-refractivity contribution in [1.29, 1.82) is 0 Å². The zero-order valence-corrected chi connectivity index (χ0v) is 34.8. The van der Waals surface area contributed by atoms with E-state index in [-0.39, 0.29) is 30.4 Å². The number of hydrogen-bond donors (Lipinski definition) is 2. The molecule has 58 heavy (non-hydrogen) atoms. The van der Waals surface area contributed by atoms with Crippen LogP contribution in [0.4, 0.5) is 5.69 Å². The van der Waals surface area contributed by atoms with Gasteiger partial charge in [-0.25, -0.2) is 0 Å². The number of phenolic OH excluding ortho intramolecular Hbond substituents is 1. The third-order valence-electron chi connectivity index (χ3n) is 12.0. The van der Waals surface area contributed by atoms with E-state index < -0.39 is 11.9 Å².